The van der Waals surface area contributed by atoms with Gasteiger partial charge in [-0.15, -0.1) is 0 Å². The molecule has 0 aromatic heterocycles. The maximum absolute atomic E-state index is 2.76. The summed E-state index contributed by atoms with van der Waals surface area (Å²) in [5.41, 5.74) is 0.745. The second-order valence-corrected chi connectivity index (χ2v) is 11.6. The Morgan fingerprint density at radius 1 is 0.786 bits per heavy atom. The summed E-state index contributed by atoms with van der Waals surface area (Å²) >= 11 is -1.32. The van der Waals surface area contributed by atoms with Crippen LogP contribution >= 0.6 is 0 Å². The molecule has 1 rings (SSSR count). The number of hydrogen-bond acceptors (Lipinski definition) is 2. The molecule has 84 valence electrons. The summed E-state index contributed by atoms with van der Waals surface area (Å²) < 4.78 is 5.53. The SMILES string of the molecule is [CH3][Sb]1[N](C(C)(C)C)CC[N]1C(C)(C)C. The normalized spacial score (nSPS) is 23.4. The third-order valence-electron chi connectivity index (χ3n) is 2.77. The van der Waals surface area contributed by atoms with Crippen molar-refractivity contribution in [3.8, 4) is 0 Å². The molecule has 1 fully saturated rings. The van der Waals surface area contributed by atoms with E-state index in [1.807, 2.05) is 0 Å². The average Bonchev–Trinajstić information content (AvgIpc) is 2.26. The van der Waals surface area contributed by atoms with Crippen LogP contribution in [0.4, 0.5) is 0 Å². The summed E-state index contributed by atoms with van der Waals surface area (Å²) in [6, 6.07) is 0. The zero-order valence-electron chi connectivity index (χ0n) is 10.8. The van der Waals surface area contributed by atoms with Gasteiger partial charge in [0.25, 0.3) is 0 Å². The molecule has 1 heterocycles. The van der Waals surface area contributed by atoms with Gasteiger partial charge in [-0.1, -0.05) is 0 Å². The predicted octanol–water partition coefficient (Wildman–Crippen LogP) is 2.32. The minimum absolute atomic E-state index is 0.373. The molecule has 0 amide bonds. The van der Waals surface area contributed by atoms with E-state index in [0.717, 1.165) is 0 Å². The number of nitrogens with zero attached hydrogens (tertiary/aromatic N) is 2. The van der Waals surface area contributed by atoms with Crippen molar-refractivity contribution in [2.75, 3.05) is 13.1 Å². The van der Waals surface area contributed by atoms with E-state index in [1.54, 1.807) is 0 Å². The average molecular weight is 307 g/mol. The van der Waals surface area contributed by atoms with Crippen molar-refractivity contribution in [3.63, 3.8) is 0 Å². The van der Waals surface area contributed by atoms with E-state index in [1.165, 1.54) is 13.1 Å². The van der Waals surface area contributed by atoms with Crippen LogP contribution in [0.3, 0.4) is 0 Å². The molecule has 1 aliphatic heterocycles. The summed E-state index contributed by atoms with van der Waals surface area (Å²) in [5.74, 6) is 0. The molecule has 0 spiro atoms. The standard InChI is InChI=1S/C10H22N2.CH3.Sb/c1-9(2,3)11-7-8-12-10(4,5)6;;/h7-8H2,1-6H3;1H3;/q-2;;+2. The van der Waals surface area contributed by atoms with Gasteiger partial charge >= 0.3 is 97.5 Å². The molecular weight excluding hydrogens is 282 g/mol. The Bertz CT molecular complexity index is 180. The van der Waals surface area contributed by atoms with Crippen LogP contribution in [0.1, 0.15) is 41.5 Å². The third kappa shape index (κ3) is 2.65. The van der Waals surface area contributed by atoms with E-state index in [4.69, 9.17) is 0 Å². The van der Waals surface area contributed by atoms with Crippen LogP contribution in [0.5, 0.6) is 0 Å². The van der Waals surface area contributed by atoms with Crippen molar-refractivity contribution >= 4 is 20.8 Å². The molecule has 1 aliphatic rings. The van der Waals surface area contributed by atoms with Gasteiger partial charge < -0.3 is 0 Å². The van der Waals surface area contributed by atoms with Crippen molar-refractivity contribution in [3.05, 3.63) is 0 Å². The number of rotatable bonds is 0. The zero-order valence-corrected chi connectivity index (χ0v) is 13.3. The second kappa shape index (κ2) is 3.96. The molecule has 3 heteroatoms. The fraction of sp³-hybridized carbons (Fsp3) is 1.00. The van der Waals surface area contributed by atoms with Gasteiger partial charge in [-0.3, -0.25) is 0 Å². The fourth-order valence-corrected chi connectivity index (χ4v) is 10.0. The summed E-state index contributed by atoms with van der Waals surface area (Å²) in [4.78, 5) is 2.51. The molecule has 0 aromatic rings. The first-order valence-corrected chi connectivity index (χ1v) is 10.3. The molecule has 1 saturated heterocycles. The topological polar surface area (TPSA) is 6.48 Å². The second-order valence-electron chi connectivity index (χ2n) is 6.08. The van der Waals surface area contributed by atoms with Crippen molar-refractivity contribution in [2.24, 2.45) is 0 Å². The van der Waals surface area contributed by atoms with Gasteiger partial charge in [-0.2, -0.15) is 0 Å². The molecule has 0 radical (unpaired) electrons. The van der Waals surface area contributed by atoms with Gasteiger partial charge in [-0.05, 0) is 0 Å². The Labute approximate surface area is 97.3 Å². The van der Waals surface area contributed by atoms with Gasteiger partial charge in [-0.25, -0.2) is 0 Å². The maximum atomic E-state index is 2.76. The van der Waals surface area contributed by atoms with Crippen LogP contribution in [-0.2, 0) is 0 Å². The zero-order chi connectivity index (χ0) is 11.1. The van der Waals surface area contributed by atoms with Crippen LogP contribution < -0.4 is 0 Å². The Kier molecular flexibility index (Phi) is 3.62. The van der Waals surface area contributed by atoms with Gasteiger partial charge in [0.1, 0.15) is 0 Å². The molecule has 0 unspecified atom stereocenters. The molecule has 0 saturated carbocycles. The first-order chi connectivity index (χ1) is 6.14. The quantitative estimate of drug-likeness (QED) is 0.634. The number of hydrogen-bond donors (Lipinski definition) is 0. The van der Waals surface area contributed by atoms with Gasteiger partial charge in [0.15, 0.2) is 0 Å². The molecule has 14 heavy (non-hydrogen) atoms. The molecule has 0 N–H and O–H groups in total. The Balaban J connectivity index is 2.75. The first kappa shape index (κ1) is 12.8. The Morgan fingerprint density at radius 3 is 1.21 bits per heavy atom. The Hall–Kier alpha value is 0.738. The monoisotopic (exact) mass is 306 g/mol. The minimum atomic E-state index is -1.32. The molecule has 2 nitrogen and oxygen atoms in total. The van der Waals surface area contributed by atoms with E-state index in [9.17, 15) is 0 Å². The van der Waals surface area contributed by atoms with Crippen molar-refractivity contribution in [2.45, 2.75) is 57.5 Å². The fourth-order valence-electron chi connectivity index (χ4n) is 2.15. The van der Waals surface area contributed by atoms with Crippen molar-refractivity contribution < 1.29 is 0 Å². The molecule has 0 aliphatic carbocycles. The van der Waals surface area contributed by atoms with Gasteiger partial charge in [0.05, 0.1) is 0 Å². The molecule has 0 bridgehead atoms. The predicted molar refractivity (Wildman–Crippen MR) is 64.5 cm³/mol. The first-order valence-electron chi connectivity index (χ1n) is 5.43. The van der Waals surface area contributed by atoms with E-state index in [-0.39, 0.29) is 0 Å². The molecule has 0 aromatic carbocycles. The molecule has 0 atom stereocenters. The van der Waals surface area contributed by atoms with Crippen molar-refractivity contribution in [1.29, 1.82) is 0 Å². The van der Waals surface area contributed by atoms with Crippen LogP contribution in [0.15, 0.2) is 0 Å². The summed E-state index contributed by atoms with van der Waals surface area (Å²) in [6.45, 7) is 16.6. The van der Waals surface area contributed by atoms with Crippen LogP contribution in [0, 0.1) is 0 Å². The third-order valence-corrected chi connectivity index (χ3v) is 11.3. The van der Waals surface area contributed by atoms with E-state index in [2.05, 4.69) is 52.5 Å². The van der Waals surface area contributed by atoms with Gasteiger partial charge in [0.2, 0.25) is 0 Å². The van der Waals surface area contributed by atoms with E-state index in [0.29, 0.717) is 11.1 Å². The van der Waals surface area contributed by atoms with E-state index >= 15 is 0 Å². The summed E-state index contributed by atoms with van der Waals surface area (Å²) in [5, 5.41) is 0. The molecular formula is C11H25N2Sb. The van der Waals surface area contributed by atoms with Crippen LogP contribution in [0.25, 0.3) is 0 Å². The summed E-state index contributed by atoms with van der Waals surface area (Å²) in [6.07, 6.45) is 0. The van der Waals surface area contributed by atoms with Gasteiger partial charge in [0, 0.05) is 0 Å². The van der Waals surface area contributed by atoms with Crippen molar-refractivity contribution in [1.82, 2.24) is 6.12 Å². The van der Waals surface area contributed by atoms with Crippen LogP contribution in [-0.4, -0.2) is 51.0 Å². The Morgan fingerprint density at radius 2 is 1.07 bits per heavy atom. The summed E-state index contributed by atoms with van der Waals surface area (Å²) in [7, 11) is 0. The van der Waals surface area contributed by atoms with Crippen LogP contribution in [0.2, 0.25) is 4.87 Å². The van der Waals surface area contributed by atoms with E-state index < -0.39 is 20.8 Å².